The third-order valence-electron chi connectivity index (χ3n) is 2.52. The highest BCUT2D eigenvalue weighted by Gasteiger charge is 2.08. The number of benzene rings is 1. The summed E-state index contributed by atoms with van der Waals surface area (Å²) in [6.45, 7) is 7.01. The summed E-state index contributed by atoms with van der Waals surface area (Å²) in [5.74, 6) is 0.976. The standard InChI is InChI=1S/C13H22N2O2/c1-4-17-12-6-10(14)5-11(7-12)15-8-13(16)9(2)3/h5-7,9,13,15-16H,4,8,14H2,1-3H3. The van der Waals surface area contributed by atoms with Crippen molar-refractivity contribution in [1.82, 2.24) is 0 Å². The number of nitrogens with one attached hydrogen (secondary N) is 1. The molecule has 0 fully saturated rings. The Kier molecular flexibility index (Phi) is 5.10. The first-order valence-corrected chi connectivity index (χ1v) is 5.98. The number of nitrogens with two attached hydrogens (primary N) is 1. The van der Waals surface area contributed by atoms with Crippen LogP contribution in [0.15, 0.2) is 18.2 Å². The molecule has 0 heterocycles. The predicted octanol–water partition coefficient (Wildman–Crippen LogP) is 2.10. The topological polar surface area (TPSA) is 67.5 Å². The van der Waals surface area contributed by atoms with Crippen LogP contribution in [0.2, 0.25) is 0 Å². The Morgan fingerprint density at radius 3 is 2.65 bits per heavy atom. The van der Waals surface area contributed by atoms with Gasteiger partial charge in [0.2, 0.25) is 0 Å². The monoisotopic (exact) mass is 238 g/mol. The molecule has 0 radical (unpaired) electrons. The first-order chi connectivity index (χ1) is 8.02. The van der Waals surface area contributed by atoms with E-state index in [-0.39, 0.29) is 12.0 Å². The third kappa shape index (κ3) is 4.53. The Labute approximate surface area is 103 Å². The quantitative estimate of drug-likeness (QED) is 0.664. The van der Waals surface area contributed by atoms with Gasteiger partial charge in [-0.3, -0.25) is 0 Å². The maximum atomic E-state index is 9.70. The zero-order valence-electron chi connectivity index (χ0n) is 10.7. The van der Waals surface area contributed by atoms with Crippen molar-refractivity contribution >= 4 is 11.4 Å². The van der Waals surface area contributed by atoms with E-state index in [9.17, 15) is 5.11 Å². The fourth-order valence-electron chi connectivity index (χ4n) is 1.43. The molecule has 0 aliphatic carbocycles. The van der Waals surface area contributed by atoms with E-state index in [1.54, 1.807) is 6.07 Å². The van der Waals surface area contributed by atoms with Crippen molar-refractivity contribution in [2.75, 3.05) is 24.2 Å². The van der Waals surface area contributed by atoms with E-state index >= 15 is 0 Å². The minimum atomic E-state index is -0.369. The van der Waals surface area contributed by atoms with Crippen molar-refractivity contribution < 1.29 is 9.84 Å². The molecule has 0 amide bonds. The molecule has 4 N–H and O–H groups in total. The average Bonchev–Trinajstić information content (AvgIpc) is 2.25. The van der Waals surface area contributed by atoms with Crippen LogP contribution in [0.25, 0.3) is 0 Å². The fourth-order valence-corrected chi connectivity index (χ4v) is 1.43. The van der Waals surface area contributed by atoms with Crippen molar-refractivity contribution in [1.29, 1.82) is 0 Å². The lowest BCUT2D eigenvalue weighted by molar-refractivity contribution is 0.138. The molecule has 1 atom stereocenters. The smallest absolute Gasteiger partial charge is 0.123 e. The molecule has 0 saturated heterocycles. The number of anilines is 2. The van der Waals surface area contributed by atoms with Gasteiger partial charge in [0, 0.05) is 30.1 Å². The third-order valence-corrected chi connectivity index (χ3v) is 2.52. The lowest BCUT2D eigenvalue weighted by Gasteiger charge is -2.16. The maximum absolute atomic E-state index is 9.70. The molecule has 0 bridgehead atoms. The van der Waals surface area contributed by atoms with Gasteiger partial charge in [0.1, 0.15) is 5.75 Å². The van der Waals surface area contributed by atoms with Crippen LogP contribution in [0.4, 0.5) is 11.4 Å². The van der Waals surface area contributed by atoms with E-state index in [4.69, 9.17) is 10.5 Å². The molecule has 4 heteroatoms. The summed E-state index contributed by atoms with van der Waals surface area (Å²) in [5, 5.41) is 12.9. The summed E-state index contributed by atoms with van der Waals surface area (Å²) < 4.78 is 5.40. The number of aliphatic hydroxyl groups excluding tert-OH is 1. The predicted molar refractivity (Wildman–Crippen MR) is 71.4 cm³/mol. The zero-order chi connectivity index (χ0) is 12.8. The molecule has 0 saturated carbocycles. The van der Waals surface area contributed by atoms with Crippen LogP contribution in [-0.2, 0) is 0 Å². The lowest BCUT2D eigenvalue weighted by atomic mass is 10.1. The van der Waals surface area contributed by atoms with Gasteiger partial charge >= 0.3 is 0 Å². The average molecular weight is 238 g/mol. The molecule has 0 aliphatic rings. The number of ether oxygens (including phenoxy) is 1. The first-order valence-electron chi connectivity index (χ1n) is 5.98. The molecule has 96 valence electrons. The zero-order valence-corrected chi connectivity index (χ0v) is 10.7. The van der Waals surface area contributed by atoms with Crippen LogP contribution in [0, 0.1) is 5.92 Å². The molecule has 1 aromatic carbocycles. The molecular weight excluding hydrogens is 216 g/mol. The largest absolute Gasteiger partial charge is 0.494 e. The van der Waals surface area contributed by atoms with E-state index in [1.807, 2.05) is 32.9 Å². The second kappa shape index (κ2) is 6.35. The maximum Gasteiger partial charge on any atom is 0.123 e. The van der Waals surface area contributed by atoms with Crippen LogP contribution < -0.4 is 15.8 Å². The molecule has 0 spiro atoms. The van der Waals surface area contributed by atoms with Gasteiger partial charge in [-0.05, 0) is 18.9 Å². The van der Waals surface area contributed by atoms with Gasteiger partial charge < -0.3 is 20.9 Å². The van der Waals surface area contributed by atoms with Gasteiger partial charge in [0.05, 0.1) is 12.7 Å². The number of hydrogen-bond acceptors (Lipinski definition) is 4. The van der Waals surface area contributed by atoms with Crippen LogP contribution in [0.1, 0.15) is 20.8 Å². The second-order valence-electron chi connectivity index (χ2n) is 4.42. The van der Waals surface area contributed by atoms with Crippen molar-refractivity contribution in [2.24, 2.45) is 5.92 Å². The fraction of sp³-hybridized carbons (Fsp3) is 0.538. The number of nitrogen functional groups attached to an aromatic ring is 1. The highest BCUT2D eigenvalue weighted by atomic mass is 16.5. The van der Waals surface area contributed by atoms with Crippen molar-refractivity contribution in [3.8, 4) is 5.75 Å². The van der Waals surface area contributed by atoms with Crippen molar-refractivity contribution in [3.63, 3.8) is 0 Å². The van der Waals surface area contributed by atoms with Crippen LogP contribution in [0.3, 0.4) is 0 Å². The van der Waals surface area contributed by atoms with Crippen LogP contribution in [0.5, 0.6) is 5.75 Å². The Hall–Kier alpha value is -1.42. The SMILES string of the molecule is CCOc1cc(N)cc(NCC(O)C(C)C)c1. The minimum absolute atomic E-state index is 0.231. The molecule has 4 nitrogen and oxygen atoms in total. The van der Waals surface area contributed by atoms with Gasteiger partial charge in [0.15, 0.2) is 0 Å². The van der Waals surface area contributed by atoms with E-state index in [2.05, 4.69) is 5.32 Å². The summed E-state index contributed by atoms with van der Waals surface area (Å²) in [6, 6.07) is 5.50. The number of aliphatic hydroxyl groups is 1. The molecule has 0 aliphatic heterocycles. The summed E-state index contributed by atoms with van der Waals surface area (Å²) in [4.78, 5) is 0. The first kappa shape index (κ1) is 13.6. The van der Waals surface area contributed by atoms with Crippen LogP contribution >= 0.6 is 0 Å². The summed E-state index contributed by atoms with van der Waals surface area (Å²) in [5.41, 5.74) is 7.29. The number of hydrogen-bond donors (Lipinski definition) is 3. The molecule has 1 aromatic rings. The van der Waals surface area contributed by atoms with E-state index < -0.39 is 0 Å². The van der Waals surface area contributed by atoms with Crippen molar-refractivity contribution in [3.05, 3.63) is 18.2 Å². The van der Waals surface area contributed by atoms with Gasteiger partial charge in [-0.1, -0.05) is 13.8 Å². The lowest BCUT2D eigenvalue weighted by Crippen LogP contribution is -2.24. The van der Waals surface area contributed by atoms with E-state index in [0.29, 0.717) is 18.8 Å². The van der Waals surface area contributed by atoms with Gasteiger partial charge in [0.25, 0.3) is 0 Å². The number of rotatable bonds is 6. The van der Waals surface area contributed by atoms with Gasteiger partial charge in [-0.2, -0.15) is 0 Å². The Bertz CT molecular complexity index is 353. The summed E-state index contributed by atoms with van der Waals surface area (Å²) in [7, 11) is 0. The second-order valence-corrected chi connectivity index (χ2v) is 4.42. The van der Waals surface area contributed by atoms with Gasteiger partial charge in [-0.25, -0.2) is 0 Å². The van der Waals surface area contributed by atoms with E-state index in [1.165, 1.54) is 0 Å². The van der Waals surface area contributed by atoms with Gasteiger partial charge in [-0.15, -0.1) is 0 Å². The molecular formula is C13H22N2O2. The van der Waals surface area contributed by atoms with Crippen LogP contribution in [-0.4, -0.2) is 24.4 Å². The van der Waals surface area contributed by atoms with E-state index in [0.717, 1.165) is 11.4 Å². The molecule has 17 heavy (non-hydrogen) atoms. The highest BCUT2D eigenvalue weighted by Crippen LogP contribution is 2.22. The molecule has 1 unspecified atom stereocenters. The summed E-state index contributed by atoms with van der Waals surface area (Å²) >= 11 is 0. The van der Waals surface area contributed by atoms with Crippen molar-refractivity contribution in [2.45, 2.75) is 26.9 Å². The Balaban J connectivity index is 2.64. The normalized spacial score (nSPS) is 12.5. The summed E-state index contributed by atoms with van der Waals surface area (Å²) in [6.07, 6.45) is -0.369. The highest BCUT2D eigenvalue weighted by molar-refractivity contribution is 5.59. The molecule has 0 aromatic heterocycles. The minimum Gasteiger partial charge on any atom is -0.494 e. The molecule has 1 rings (SSSR count). The Morgan fingerprint density at radius 1 is 1.35 bits per heavy atom. The Morgan fingerprint density at radius 2 is 2.06 bits per heavy atom.